The molecule has 0 bridgehead atoms. The maximum absolute atomic E-state index is 14.0. The van der Waals surface area contributed by atoms with E-state index in [-0.39, 0.29) is 11.5 Å². The van der Waals surface area contributed by atoms with E-state index in [0.29, 0.717) is 5.75 Å². The summed E-state index contributed by atoms with van der Waals surface area (Å²) in [5.41, 5.74) is 1.37. The van der Waals surface area contributed by atoms with Crippen molar-refractivity contribution < 1.29 is 17.9 Å². The maximum Gasteiger partial charge on any atom is 0.246 e. The van der Waals surface area contributed by atoms with Crippen LogP contribution in [0, 0.1) is 6.92 Å². The topological polar surface area (TPSA) is 55.8 Å². The number of methoxy groups -OCH3 is 1. The Morgan fingerprint density at radius 1 is 1.06 bits per heavy atom. The van der Waals surface area contributed by atoms with Gasteiger partial charge in [-0.3, -0.25) is 0 Å². The van der Waals surface area contributed by atoms with E-state index >= 15 is 0 Å². The van der Waals surface area contributed by atoms with Crippen LogP contribution in [-0.4, -0.2) is 26.4 Å². The smallest absolute Gasteiger partial charge is 0.246 e. The molecule has 1 aliphatic heterocycles. The number of hydrogen-bond acceptors (Lipinski definition) is 4. The van der Waals surface area contributed by atoms with Gasteiger partial charge in [0.1, 0.15) is 11.3 Å². The second kappa shape index (κ2) is 8.30. The molecule has 1 aliphatic rings. The van der Waals surface area contributed by atoms with Crippen LogP contribution in [0.25, 0.3) is 0 Å². The Labute approximate surface area is 183 Å². The van der Waals surface area contributed by atoms with E-state index in [1.165, 1.54) is 4.31 Å². The first-order valence-electron chi connectivity index (χ1n) is 9.98. The van der Waals surface area contributed by atoms with Gasteiger partial charge in [0.2, 0.25) is 10.0 Å². The van der Waals surface area contributed by atoms with Crippen LogP contribution in [0.15, 0.2) is 96.4 Å². The third kappa shape index (κ3) is 3.67. The van der Waals surface area contributed by atoms with Gasteiger partial charge in [-0.05, 0) is 42.3 Å². The number of rotatable bonds is 6. The van der Waals surface area contributed by atoms with E-state index in [2.05, 4.69) is 6.58 Å². The zero-order chi connectivity index (χ0) is 22.1. The normalized spacial score (nSPS) is 21.7. The summed E-state index contributed by atoms with van der Waals surface area (Å²) < 4.78 is 41.0. The highest BCUT2D eigenvalue weighted by atomic mass is 32.2. The molecule has 0 amide bonds. The molecule has 1 fully saturated rings. The molecule has 0 unspecified atom stereocenters. The van der Waals surface area contributed by atoms with E-state index in [9.17, 15) is 8.42 Å². The summed E-state index contributed by atoms with van der Waals surface area (Å²) in [5, 5.41) is 0. The van der Waals surface area contributed by atoms with Gasteiger partial charge in [0, 0.05) is 0 Å². The van der Waals surface area contributed by atoms with Crippen LogP contribution in [0.1, 0.15) is 22.9 Å². The third-order valence-electron chi connectivity index (χ3n) is 5.64. The monoisotopic (exact) mass is 435 g/mol. The van der Waals surface area contributed by atoms with Gasteiger partial charge in [-0.15, -0.1) is 10.9 Å². The second-order valence-electron chi connectivity index (χ2n) is 7.55. The molecule has 5 nitrogen and oxygen atoms in total. The number of aryl methyl sites for hydroxylation is 1. The summed E-state index contributed by atoms with van der Waals surface area (Å²) in [6.45, 7) is 6.08. The summed E-state index contributed by atoms with van der Waals surface area (Å²) in [4.78, 5) is 0.207. The SMILES string of the molecule is C=C[C@@]1(c2cccc(OC)c2)CO[C@H](c2ccccc2)N1S(=O)(=O)c1ccc(C)cc1. The van der Waals surface area contributed by atoms with E-state index in [0.717, 1.165) is 16.7 Å². The minimum atomic E-state index is -3.94. The summed E-state index contributed by atoms with van der Waals surface area (Å²) in [5.74, 6) is 0.634. The highest BCUT2D eigenvalue weighted by molar-refractivity contribution is 7.89. The number of nitrogens with zero attached hydrogens (tertiary/aromatic N) is 1. The lowest BCUT2D eigenvalue weighted by Crippen LogP contribution is -2.46. The molecule has 1 saturated heterocycles. The Bertz CT molecular complexity index is 1180. The fourth-order valence-corrected chi connectivity index (χ4v) is 5.73. The number of sulfonamides is 1. The molecular weight excluding hydrogens is 410 g/mol. The molecule has 0 saturated carbocycles. The summed E-state index contributed by atoms with van der Waals surface area (Å²) >= 11 is 0. The zero-order valence-corrected chi connectivity index (χ0v) is 18.4. The molecule has 1 heterocycles. The molecule has 31 heavy (non-hydrogen) atoms. The van der Waals surface area contributed by atoms with Crippen LogP contribution in [0.5, 0.6) is 5.75 Å². The Hall–Kier alpha value is -2.93. The minimum Gasteiger partial charge on any atom is -0.497 e. The fraction of sp³-hybridized carbons (Fsp3) is 0.200. The van der Waals surface area contributed by atoms with Crippen LogP contribution in [0.4, 0.5) is 0 Å². The number of benzene rings is 3. The van der Waals surface area contributed by atoms with Crippen molar-refractivity contribution in [2.75, 3.05) is 13.7 Å². The first kappa shape index (κ1) is 21.3. The molecular formula is C25H25NO4S. The van der Waals surface area contributed by atoms with Gasteiger partial charge in [0.25, 0.3) is 0 Å². The highest BCUT2D eigenvalue weighted by Gasteiger charge is 2.54. The fourth-order valence-electron chi connectivity index (χ4n) is 3.93. The molecule has 0 radical (unpaired) electrons. The molecule has 2 atom stereocenters. The molecule has 0 aromatic heterocycles. The van der Waals surface area contributed by atoms with Gasteiger partial charge >= 0.3 is 0 Å². The van der Waals surface area contributed by atoms with E-state index in [1.807, 2.05) is 61.5 Å². The first-order chi connectivity index (χ1) is 14.9. The van der Waals surface area contributed by atoms with Crippen molar-refractivity contribution in [1.29, 1.82) is 0 Å². The largest absolute Gasteiger partial charge is 0.497 e. The van der Waals surface area contributed by atoms with E-state index in [1.54, 1.807) is 37.5 Å². The standard InChI is InChI=1S/C25H25NO4S/c1-4-25(21-11-8-12-22(17-21)29-3)18-30-24(20-9-6-5-7-10-20)26(25)31(27,28)23-15-13-19(2)14-16-23/h4-17,24H,1,18H2,2-3H3/t24-,25+/m1/s1. The average molecular weight is 436 g/mol. The summed E-state index contributed by atoms with van der Waals surface area (Å²) in [6, 6.07) is 23.6. The van der Waals surface area contributed by atoms with Crippen molar-refractivity contribution >= 4 is 10.0 Å². The Kier molecular flexibility index (Phi) is 5.71. The van der Waals surface area contributed by atoms with Gasteiger partial charge in [-0.25, -0.2) is 8.42 Å². The van der Waals surface area contributed by atoms with Crippen molar-refractivity contribution in [3.63, 3.8) is 0 Å². The molecule has 160 valence electrons. The quantitative estimate of drug-likeness (QED) is 0.522. The van der Waals surface area contributed by atoms with Crippen molar-refractivity contribution in [3.8, 4) is 5.75 Å². The zero-order valence-electron chi connectivity index (χ0n) is 17.6. The van der Waals surface area contributed by atoms with Gasteiger partial charge in [0.05, 0.1) is 18.6 Å². The molecule has 3 aromatic rings. The molecule has 0 aliphatic carbocycles. The molecule has 6 heteroatoms. The minimum absolute atomic E-state index is 0.133. The van der Waals surface area contributed by atoms with Crippen LogP contribution >= 0.6 is 0 Å². The predicted molar refractivity (Wildman–Crippen MR) is 120 cm³/mol. The molecule has 3 aromatic carbocycles. The second-order valence-corrected chi connectivity index (χ2v) is 9.36. The van der Waals surface area contributed by atoms with Gasteiger partial charge in [-0.1, -0.05) is 66.2 Å². The van der Waals surface area contributed by atoms with Crippen molar-refractivity contribution in [3.05, 3.63) is 108 Å². The summed E-state index contributed by atoms with van der Waals surface area (Å²) in [7, 11) is -2.36. The van der Waals surface area contributed by atoms with Crippen LogP contribution < -0.4 is 4.74 Å². The Balaban J connectivity index is 1.94. The van der Waals surface area contributed by atoms with Gasteiger partial charge < -0.3 is 9.47 Å². The molecule has 4 rings (SSSR count). The molecule has 0 N–H and O–H groups in total. The lowest BCUT2D eigenvalue weighted by Gasteiger charge is -2.36. The predicted octanol–water partition coefficient (Wildman–Crippen LogP) is 4.80. The summed E-state index contributed by atoms with van der Waals surface area (Å²) in [6.07, 6.45) is 0.855. The van der Waals surface area contributed by atoms with Crippen molar-refractivity contribution in [1.82, 2.24) is 4.31 Å². The number of hydrogen-bond donors (Lipinski definition) is 0. The van der Waals surface area contributed by atoms with E-state index < -0.39 is 21.8 Å². The Morgan fingerprint density at radius 3 is 2.42 bits per heavy atom. The number of ether oxygens (including phenoxy) is 2. The lowest BCUT2D eigenvalue weighted by molar-refractivity contribution is 0.0678. The van der Waals surface area contributed by atoms with Crippen LogP contribution in [-0.2, 0) is 20.3 Å². The van der Waals surface area contributed by atoms with Crippen molar-refractivity contribution in [2.24, 2.45) is 0 Å². The van der Waals surface area contributed by atoms with Gasteiger partial charge in [0.15, 0.2) is 6.23 Å². The third-order valence-corrected chi connectivity index (χ3v) is 7.54. The van der Waals surface area contributed by atoms with E-state index in [4.69, 9.17) is 9.47 Å². The maximum atomic E-state index is 14.0. The van der Waals surface area contributed by atoms with Crippen molar-refractivity contribution in [2.45, 2.75) is 23.6 Å². The Morgan fingerprint density at radius 2 is 1.77 bits per heavy atom. The van der Waals surface area contributed by atoms with Gasteiger partial charge in [-0.2, -0.15) is 0 Å². The molecule has 0 spiro atoms. The average Bonchev–Trinajstić information content (AvgIpc) is 3.22. The van der Waals surface area contributed by atoms with Crippen LogP contribution in [0.2, 0.25) is 0 Å². The first-order valence-corrected chi connectivity index (χ1v) is 11.4. The van der Waals surface area contributed by atoms with Crippen LogP contribution in [0.3, 0.4) is 0 Å². The highest BCUT2D eigenvalue weighted by Crippen LogP contribution is 2.48. The lowest BCUT2D eigenvalue weighted by atomic mass is 9.91.